The second-order valence-corrected chi connectivity index (χ2v) is 12.1. The van der Waals surface area contributed by atoms with E-state index in [2.05, 4.69) is 34.9 Å². The van der Waals surface area contributed by atoms with Crippen molar-refractivity contribution in [3.8, 4) is 0 Å². The molecule has 4 N–H and O–H groups in total. The van der Waals surface area contributed by atoms with Crippen LogP contribution in [0.2, 0.25) is 0 Å². The highest BCUT2D eigenvalue weighted by Gasteiger charge is 2.53. The van der Waals surface area contributed by atoms with Crippen molar-refractivity contribution in [2.24, 2.45) is 0 Å². The first-order valence-electron chi connectivity index (χ1n) is 15.8. The lowest BCUT2D eigenvalue weighted by molar-refractivity contribution is -0.177. The topological polar surface area (TPSA) is 142 Å². The van der Waals surface area contributed by atoms with Crippen LogP contribution in [0.4, 0.5) is 23.1 Å². The lowest BCUT2D eigenvalue weighted by Gasteiger charge is -2.27. The summed E-state index contributed by atoms with van der Waals surface area (Å²) in [5.74, 6) is -0.160. The van der Waals surface area contributed by atoms with E-state index in [0.29, 0.717) is 41.7 Å². The van der Waals surface area contributed by atoms with Gasteiger partial charge in [-0.25, -0.2) is 14.7 Å². The summed E-state index contributed by atoms with van der Waals surface area (Å²) in [6.07, 6.45) is -0.0618. The number of nitrogens with two attached hydrogens (primary N) is 1. The zero-order chi connectivity index (χ0) is 32.5. The Balaban J connectivity index is 1.25. The molecular formula is C35H38N8O4. The summed E-state index contributed by atoms with van der Waals surface area (Å²) in [6.45, 7) is 6.73. The summed E-state index contributed by atoms with van der Waals surface area (Å²) in [4.78, 5) is 28.4. The van der Waals surface area contributed by atoms with Gasteiger partial charge in [0.15, 0.2) is 28.9 Å². The summed E-state index contributed by atoms with van der Waals surface area (Å²) in [5.41, 5.74) is 10.6. The number of hydrogen-bond donors (Lipinski definition) is 3. The van der Waals surface area contributed by atoms with Gasteiger partial charge in [-0.3, -0.25) is 4.79 Å². The van der Waals surface area contributed by atoms with Gasteiger partial charge in [0.05, 0.1) is 6.61 Å². The van der Waals surface area contributed by atoms with Gasteiger partial charge < -0.3 is 30.6 Å². The van der Waals surface area contributed by atoms with Crippen molar-refractivity contribution in [3.05, 3.63) is 102 Å². The predicted molar refractivity (Wildman–Crippen MR) is 180 cm³/mol. The van der Waals surface area contributed by atoms with Gasteiger partial charge in [0, 0.05) is 30.4 Å². The third kappa shape index (κ3) is 6.22. The highest BCUT2D eigenvalue weighted by molar-refractivity contribution is 5.93. The molecule has 0 radical (unpaired) electrons. The number of rotatable bonds is 10. The quantitative estimate of drug-likeness (QED) is 0.184. The fraction of sp³-hybridized carbons (Fsp3) is 0.314. The number of hydrogen-bond acceptors (Lipinski definition) is 10. The fourth-order valence-electron chi connectivity index (χ4n) is 6.25. The van der Waals surface area contributed by atoms with Crippen LogP contribution in [0.15, 0.2) is 91.3 Å². The largest absolute Gasteiger partial charge is 0.399 e. The molecule has 3 aromatic carbocycles. The average molecular weight is 635 g/mol. The molecule has 2 aliphatic rings. The van der Waals surface area contributed by atoms with Crippen molar-refractivity contribution in [1.82, 2.24) is 19.6 Å². The molecule has 3 atom stereocenters. The number of nitrogens with one attached hydrogen (secondary N) is 2. The van der Waals surface area contributed by atoms with Gasteiger partial charge in [-0.05, 0) is 56.2 Å². The van der Waals surface area contributed by atoms with Crippen LogP contribution in [-0.4, -0.2) is 69.3 Å². The number of aromatic nitrogens is 4. The van der Waals surface area contributed by atoms with Crippen LogP contribution in [0.5, 0.6) is 0 Å². The molecule has 4 heterocycles. The van der Waals surface area contributed by atoms with Gasteiger partial charge in [0.25, 0.3) is 5.91 Å². The first kappa shape index (κ1) is 30.6. The minimum atomic E-state index is -0.830. The van der Waals surface area contributed by atoms with Crippen molar-refractivity contribution in [2.75, 3.05) is 41.1 Å². The van der Waals surface area contributed by atoms with E-state index in [1.165, 1.54) is 11.1 Å². The van der Waals surface area contributed by atoms with Crippen LogP contribution in [0.1, 0.15) is 37.8 Å². The van der Waals surface area contributed by atoms with Crippen LogP contribution in [0, 0.1) is 0 Å². The number of fused-ring (bicyclic) bond motifs is 2. The van der Waals surface area contributed by atoms with Crippen LogP contribution in [0.3, 0.4) is 0 Å². The summed E-state index contributed by atoms with van der Waals surface area (Å²) in [7, 11) is 0. The van der Waals surface area contributed by atoms with Crippen molar-refractivity contribution >= 4 is 40.2 Å². The van der Waals surface area contributed by atoms with Gasteiger partial charge >= 0.3 is 0 Å². The Morgan fingerprint density at radius 2 is 1.68 bits per heavy atom. The fourth-order valence-corrected chi connectivity index (χ4v) is 6.25. The van der Waals surface area contributed by atoms with E-state index < -0.39 is 18.0 Å². The third-order valence-corrected chi connectivity index (χ3v) is 8.44. The van der Waals surface area contributed by atoms with Crippen molar-refractivity contribution < 1.29 is 19.0 Å². The maximum absolute atomic E-state index is 14.0. The van der Waals surface area contributed by atoms with Crippen molar-refractivity contribution in [1.29, 1.82) is 0 Å². The molecule has 2 fully saturated rings. The summed E-state index contributed by atoms with van der Waals surface area (Å²) >= 11 is 0. The van der Waals surface area contributed by atoms with E-state index in [9.17, 15) is 4.79 Å². The number of carbonyl (C=O) groups is 1. The number of imidazole rings is 1. The maximum atomic E-state index is 14.0. The Bertz CT molecular complexity index is 1810. The molecule has 2 saturated heterocycles. The van der Waals surface area contributed by atoms with Crippen LogP contribution in [0.25, 0.3) is 11.2 Å². The molecular weight excluding hydrogens is 596 g/mol. The van der Waals surface area contributed by atoms with Gasteiger partial charge in [0.1, 0.15) is 18.5 Å². The molecule has 0 bridgehead atoms. The lowest BCUT2D eigenvalue weighted by atomic mass is 9.91. The third-order valence-electron chi connectivity index (χ3n) is 8.44. The van der Waals surface area contributed by atoms with E-state index in [-0.39, 0.29) is 24.5 Å². The molecule has 12 nitrogen and oxygen atoms in total. The van der Waals surface area contributed by atoms with Crippen molar-refractivity contribution in [2.45, 2.75) is 50.8 Å². The molecule has 0 aliphatic carbocycles. The first-order valence-corrected chi connectivity index (χ1v) is 15.8. The molecule has 7 rings (SSSR count). The number of likely N-dealkylation sites (N-methyl/N-ethyl adjacent to an activating group) is 1. The van der Waals surface area contributed by atoms with Crippen molar-refractivity contribution in [3.63, 3.8) is 0 Å². The van der Waals surface area contributed by atoms with Crippen LogP contribution < -0.4 is 21.4 Å². The number of nitrogens with zero attached hydrogens (tertiary/aromatic N) is 5. The number of amides is 1. The maximum Gasteiger partial charge on any atom is 0.273 e. The van der Waals surface area contributed by atoms with E-state index >= 15 is 0 Å². The molecule has 2 aliphatic heterocycles. The molecule has 1 amide bonds. The van der Waals surface area contributed by atoms with Gasteiger partial charge in [-0.1, -0.05) is 60.7 Å². The smallest absolute Gasteiger partial charge is 0.273 e. The second-order valence-electron chi connectivity index (χ2n) is 12.1. The molecule has 5 aromatic rings. The van der Waals surface area contributed by atoms with Gasteiger partial charge in [-0.15, -0.1) is 0 Å². The molecule has 242 valence electrons. The number of anilines is 4. The van der Waals surface area contributed by atoms with Crippen LogP contribution in [-0.2, 0) is 19.0 Å². The normalized spacial score (nSPS) is 20.0. The summed E-state index contributed by atoms with van der Waals surface area (Å²) < 4.78 is 19.6. The second kappa shape index (κ2) is 12.6. The molecule has 12 heteroatoms. The molecule has 47 heavy (non-hydrogen) atoms. The minimum Gasteiger partial charge on any atom is -0.399 e. The lowest BCUT2D eigenvalue weighted by Crippen LogP contribution is -2.50. The highest BCUT2D eigenvalue weighted by atomic mass is 16.8. The predicted octanol–water partition coefficient (Wildman–Crippen LogP) is 4.80. The Hall–Kier alpha value is -5.04. The van der Waals surface area contributed by atoms with Gasteiger partial charge in [0.2, 0.25) is 5.95 Å². The Kier molecular flexibility index (Phi) is 8.22. The van der Waals surface area contributed by atoms with E-state index in [1.807, 2.05) is 69.3 Å². The first-order chi connectivity index (χ1) is 22.8. The SMILES string of the molecule is CCN(C(=O)[C@H]1OC[C@@H]2OC(C)(C)O[C@@H]21)n1cnc2c(NCC(c3ccccc3)c3ccccc3)nc(Nc3ccc(N)cc3)nc21. The van der Waals surface area contributed by atoms with E-state index in [0.717, 1.165) is 5.69 Å². The monoisotopic (exact) mass is 634 g/mol. The highest BCUT2D eigenvalue weighted by Crippen LogP contribution is 2.36. The Labute approximate surface area is 272 Å². The number of carbonyl (C=O) groups excluding carboxylic acids is 1. The number of benzene rings is 3. The van der Waals surface area contributed by atoms with Gasteiger partial charge in [-0.2, -0.15) is 9.97 Å². The summed E-state index contributed by atoms with van der Waals surface area (Å²) in [5, 5.41) is 8.42. The summed E-state index contributed by atoms with van der Waals surface area (Å²) in [6, 6.07) is 28.0. The number of nitrogen functional groups attached to an aromatic ring is 1. The Morgan fingerprint density at radius 1 is 1.00 bits per heavy atom. The number of ether oxygens (including phenoxy) is 3. The zero-order valence-electron chi connectivity index (χ0n) is 26.5. The van der Waals surface area contributed by atoms with Crippen LogP contribution >= 0.6 is 0 Å². The molecule has 0 saturated carbocycles. The minimum absolute atomic E-state index is 0.0390. The van der Waals surface area contributed by atoms with E-state index in [4.69, 9.17) is 34.9 Å². The van der Waals surface area contributed by atoms with E-state index in [1.54, 1.807) is 28.1 Å². The zero-order valence-corrected chi connectivity index (χ0v) is 26.5. The molecule has 0 spiro atoms. The molecule has 0 unspecified atom stereocenters. The molecule has 2 aromatic heterocycles. The Morgan fingerprint density at radius 3 is 2.34 bits per heavy atom. The standard InChI is InChI=1S/C35H38N8O4/c1-4-42(33(44)30-29-27(20-45-30)46-35(2,3)47-29)43-21-38-28-31(40-34(41-32(28)43)39-25-17-15-24(36)16-18-25)37-19-26(22-11-7-5-8-12-22)23-13-9-6-10-14-23/h5-18,21,26-27,29-30H,4,19-20,36H2,1-3H3,(H2,37,39,40,41)/t27-,29-,30-/m0/s1. The average Bonchev–Trinajstić information content (AvgIpc) is 3.75.